The fourth-order valence-electron chi connectivity index (χ4n) is 4.73. The van der Waals surface area contributed by atoms with Gasteiger partial charge in [0.1, 0.15) is 0 Å². The molecule has 0 bridgehead atoms. The zero-order chi connectivity index (χ0) is 18.8. The molecule has 0 radical (unpaired) electrons. The van der Waals surface area contributed by atoms with Gasteiger partial charge in [-0.2, -0.15) is 0 Å². The van der Waals surface area contributed by atoms with Crippen molar-refractivity contribution in [2.24, 2.45) is 5.41 Å². The first-order valence-corrected chi connectivity index (χ1v) is 13.5. The van der Waals surface area contributed by atoms with Gasteiger partial charge in [-0.05, 0) is 49.2 Å². The lowest BCUT2D eigenvalue weighted by molar-refractivity contribution is -0.0216. The summed E-state index contributed by atoms with van der Waals surface area (Å²) in [6, 6.07) is 3.97. The maximum atomic E-state index is 6.85. The highest BCUT2D eigenvalue weighted by molar-refractivity contribution is 6.73. The molecule has 1 aromatic rings. The van der Waals surface area contributed by atoms with Crippen molar-refractivity contribution in [3.8, 4) is 0 Å². The molecular formula is C20H32Cl2N2OSi. The molecule has 0 aliphatic heterocycles. The predicted molar refractivity (Wildman–Crippen MR) is 113 cm³/mol. The van der Waals surface area contributed by atoms with Crippen LogP contribution in [0.25, 0.3) is 0 Å². The summed E-state index contributed by atoms with van der Waals surface area (Å²) in [4.78, 5) is 4.12. The lowest BCUT2D eigenvalue weighted by atomic mass is 9.53. The Morgan fingerprint density at radius 1 is 1.15 bits per heavy atom. The Hall–Kier alpha value is -0.133. The van der Waals surface area contributed by atoms with Crippen LogP contribution in [0.2, 0.25) is 28.2 Å². The highest BCUT2D eigenvalue weighted by Gasteiger charge is 2.50. The first kappa shape index (κ1) is 20.6. The molecule has 6 heteroatoms. The van der Waals surface area contributed by atoms with E-state index >= 15 is 0 Å². The van der Waals surface area contributed by atoms with E-state index in [-0.39, 0.29) is 6.10 Å². The zero-order valence-electron chi connectivity index (χ0n) is 16.3. The number of halogens is 2. The maximum absolute atomic E-state index is 6.85. The molecule has 0 unspecified atom stereocenters. The van der Waals surface area contributed by atoms with Gasteiger partial charge in [-0.15, -0.1) is 0 Å². The minimum Gasteiger partial charge on any atom is -0.409 e. The Balaban J connectivity index is 1.79. The zero-order valence-corrected chi connectivity index (χ0v) is 18.8. The maximum Gasteiger partial charge on any atom is 0.192 e. The Morgan fingerprint density at radius 2 is 1.77 bits per heavy atom. The number of aromatic nitrogens is 1. The van der Waals surface area contributed by atoms with Crippen LogP contribution in [0.1, 0.15) is 64.5 Å². The molecule has 2 aliphatic carbocycles. The van der Waals surface area contributed by atoms with Crippen LogP contribution in [0.15, 0.2) is 12.4 Å². The van der Waals surface area contributed by atoms with E-state index < -0.39 is 8.32 Å². The lowest BCUT2D eigenvalue weighted by Gasteiger charge is -2.56. The topological polar surface area (TPSA) is 34.1 Å². The highest BCUT2D eigenvalue weighted by atomic mass is 35.5. The molecule has 2 atom stereocenters. The number of hydrogen-bond donors (Lipinski definition) is 1. The second-order valence-electron chi connectivity index (χ2n) is 8.08. The van der Waals surface area contributed by atoms with E-state index in [9.17, 15) is 0 Å². The third-order valence-corrected chi connectivity index (χ3v) is 12.4. The Bertz CT molecular complexity index is 586. The van der Waals surface area contributed by atoms with Gasteiger partial charge in [-0.3, -0.25) is 4.98 Å². The van der Waals surface area contributed by atoms with Crippen molar-refractivity contribution in [2.75, 3.05) is 6.54 Å². The van der Waals surface area contributed by atoms with Crippen molar-refractivity contribution in [3.63, 3.8) is 0 Å². The fraction of sp³-hybridized carbons (Fsp3) is 0.750. The number of hydrogen-bond acceptors (Lipinski definition) is 3. The minimum absolute atomic E-state index is 0.0951. The molecule has 1 spiro atoms. The van der Waals surface area contributed by atoms with Gasteiger partial charge in [0.15, 0.2) is 8.32 Å². The van der Waals surface area contributed by atoms with Crippen LogP contribution in [-0.2, 0) is 4.43 Å². The van der Waals surface area contributed by atoms with Gasteiger partial charge in [0.25, 0.3) is 0 Å². The number of pyridine rings is 1. The molecule has 1 heterocycles. The van der Waals surface area contributed by atoms with Crippen LogP contribution in [0, 0.1) is 5.41 Å². The second kappa shape index (κ2) is 8.48. The largest absolute Gasteiger partial charge is 0.409 e. The van der Waals surface area contributed by atoms with E-state index in [1.165, 1.54) is 32.1 Å². The third-order valence-electron chi connectivity index (χ3n) is 7.11. The normalized spacial score (nSPS) is 22.7. The smallest absolute Gasteiger partial charge is 0.192 e. The van der Waals surface area contributed by atoms with Crippen LogP contribution >= 0.6 is 23.2 Å². The predicted octanol–water partition coefficient (Wildman–Crippen LogP) is 6.37. The first-order valence-electron chi connectivity index (χ1n) is 10.2. The molecule has 26 heavy (non-hydrogen) atoms. The standard InChI is InChI=1S/C20H32Cl2N2OSi/c1-4-26(5-2,6-3)25-17(19-15(21)12-23-13-16(19)22)14-24-18-8-11-20(18)9-7-10-20/h12-13,17-18,24H,4-11,14H2,1-3H3/t17-,18+/m1/s1. The van der Waals surface area contributed by atoms with Gasteiger partial charge in [-0.1, -0.05) is 50.4 Å². The summed E-state index contributed by atoms with van der Waals surface area (Å²) in [7, 11) is -1.78. The number of nitrogens with zero attached hydrogens (tertiary/aromatic N) is 1. The van der Waals surface area contributed by atoms with E-state index in [1.807, 2.05) is 0 Å². The lowest BCUT2D eigenvalue weighted by Crippen LogP contribution is -2.57. The van der Waals surface area contributed by atoms with E-state index in [0.717, 1.165) is 30.2 Å². The number of rotatable bonds is 9. The summed E-state index contributed by atoms with van der Waals surface area (Å²) in [5.41, 5.74) is 1.48. The molecule has 146 valence electrons. The quantitative estimate of drug-likeness (QED) is 0.476. The second-order valence-corrected chi connectivity index (χ2v) is 13.6. The minimum atomic E-state index is -1.78. The van der Waals surface area contributed by atoms with Crippen molar-refractivity contribution in [2.45, 2.75) is 83.2 Å². The molecular weight excluding hydrogens is 383 g/mol. The van der Waals surface area contributed by atoms with E-state index in [2.05, 4.69) is 31.1 Å². The molecule has 3 nitrogen and oxygen atoms in total. The molecule has 2 aliphatic rings. The summed E-state index contributed by atoms with van der Waals surface area (Å²) in [6.45, 7) is 7.56. The highest BCUT2D eigenvalue weighted by Crippen LogP contribution is 2.56. The van der Waals surface area contributed by atoms with Crippen LogP contribution in [0.3, 0.4) is 0 Å². The number of nitrogens with one attached hydrogen (secondary N) is 1. The fourth-order valence-corrected chi connectivity index (χ4v) is 8.14. The summed E-state index contributed by atoms with van der Waals surface area (Å²) in [6.07, 6.45) is 10.1. The van der Waals surface area contributed by atoms with Crippen molar-refractivity contribution >= 4 is 31.5 Å². The van der Waals surface area contributed by atoms with Gasteiger partial charge < -0.3 is 9.74 Å². The Labute approximate surface area is 169 Å². The third kappa shape index (κ3) is 3.86. The van der Waals surface area contributed by atoms with Gasteiger partial charge in [0.05, 0.1) is 16.1 Å². The van der Waals surface area contributed by atoms with Gasteiger partial charge in [0, 0.05) is 30.5 Å². The van der Waals surface area contributed by atoms with Gasteiger partial charge in [-0.25, -0.2) is 0 Å². The Kier molecular flexibility index (Phi) is 6.72. The Morgan fingerprint density at radius 3 is 2.19 bits per heavy atom. The molecule has 3 rings (SSSR count). The van der Waals surface area contributed by atoms with Crippen molar-refractivity contribution < 1.29 is 4.43 Å². The van der Waals surface area contributed by atoms with Gasteiger partial charge >= 0.3 is 0 Å². The van der Waals surface area contributed by atoms with Crippen LogP contribution < -0.4 is 5.32 Å². The average molecular weight is 415 g/mol. The first-order chi connectivity index (χ1) is 12.5. The molecule has 2 saturated carbocycles. The van der Waals surface area contributed by atoms with Crippen LogP contribution in [0.4, 0.5) is 0 Å². The van der Waals surface area contributed by atoms with Crippen LogP contribution in [-0.4, -0.2) is 25.9 Å². The molecule has 0 aromatic carbocycles. The van der Waals surface area contributed by atoms with E-state index in [0.29, 0.717) is 21.5 Å². The van der Waals surface area contributed by atoms with Crippen molar-refractivity contribution in [1.29, 1.82) is 0 Å². The molecule has 0 saturated heterocycles. The molecule has 2 fully saturated rings. The summed E-state index contributed by atoms with van der Waals surface area (Å²) in [5, 5.41) is 5.05. The van der Waals surface area contributed by atoms with Crippen molar-refractivity contribution in [1.82, 2.24) is 10.3 Å². The molecule has 1 N–H and O–H groups in total. The molecule has 1 aromatic heterocycles. The summed E-state index contributed by atoms with van der Waals surface area (Å²) in [5.74, 6) is 0. The van der Waals surface area contributed by atoms with E-state index in [1.54, 1.807) is 12.4 Å². The van der Waals surface area contributed by atoms with Crippen LogP contribution in [0.5, 0.6) is 0 Å². The van der Waals surface area contributed by atoms with E-state index in [4.69, 9.17) is 27.6 Å². The average Bonchev–Trinajstić information content (AvgIpc) is 2.57. The van der Waals surface area contributed by atoms with Crippen molar-refractivity contribution in [3.05, 3.63) is 28.0 Å². The summed E-state index contributed by atoms with van der Waals surface area (Å²) >= 11 is 13.0. The van der Waals surface area contributed by atoms with Gasteiger partial charge in [0.2, 0.25) is 0 Å². The monoisotopic (exact) mass is 414 g/mol. The summed E-state index contributed by atoms with van der Waals surface area (Å²) < 4.78 is 6.85. The SMILES string of the molecule is CC[Si](CC)(CC)O[C@H](CN[C@H]1CCC12CCC2)c1c(Cl)cncc1Cl. The molecule has 0 amide bonds.